The zero-order chi connectivity index (χ0) is 19.5. The average Bonchev–Trinajstić information content (AvgIpc) is 2.68. The summed E-state index contributed by atoms with van der Waals surface area (Å²) in [5.41, 5.74) is 2.45. The number of aliphatic imine (C=N–C) groups is 1. The van der Waals surface area contributed by atoms with Gasteiger partial charge in [-0.05, 0) is 51.2 Å². The normalized spacial score (nSPS) is 12.6. The van der Waals surface area contributed by atoms with Crippen molar-refractivity contribution in [2.24, 2.45) is 4.99 Å². The molecule has 27 heavy (non-hydrogen) atoms. The van der Waals surface area contributed by atoms with Gasteiger partial charge in [0.05, 0.1) is 0 Å². The number of nitrogens with one attached hydrogen (secondary N) is 2. The number of aryl methyl sites for hydroxylation is 2. The predicted molar refractivity (Wildman–Crippen MR) is 113 cm³/mol. The first kappa shape index (κ1) is 20.7. The summed E-state index contributed by atoms with van der Waals surface area (Å²) in [4.78, 5) is 16.2. The van der Waals surface area contributed by atoms with Gasteiger partial charge >= 0.3 is 0 Å². The molecule has 0 spiro atoms. The minimum atomic E-state index is 0.0766. The van der Waals surface area contributed by atoms with E-state index in [4.69, 9.17) is 0 Å². The molecule has 5 heteroatoms. The van der Waals surface area contributed by atoms with Crippen LogP contribution in [0.15, 0.2) is 58.3 Å². The van der Waals surface area contributed by atoms with E-state index in [2.05, 4.69) is 46.8 Å². The Morgan fingerprint density at radius 3 is 2.59 bits per heavy atom. The summed E-state index contributed by atoms with van der Waals surface area (Å²) in [6.07, 6.45) is 4.05. The van der Waals surface area contributed by atoms with Gasteiger partial charge in [0.1, 0.15) is 0 Å². The van der Waals surface area contributed by atoms with Crippen molar-refractivity contribution in [3.8, 4) is 0 Å². The SMILES string of the molecule is CN=C(NCCCCn1c(C)cccc1=O)NC(C)CCc1ccccc1. The first-order valence-corrected chi connectivity index (χ1v) is 9.77. The Bertz CT molecular complexity index is 767. The van der Waals surface area contributed by atoms with Gasteiger partial charge in [-0.25, -0.2) is 0 Å². The van der Waals surface area contributed by atoms with Gasteiger partial charge in [0.15, 0.2) is 5.96 Å². The van der Waals surface area contributed by atoms with E-state index < -0.39 is 0 Å². The second-order valence-electron chi connectivity index (χ2n) is 6.93. The maximum absolute atomic E-state index is 11.9. The molecular weight excluding hydrogens is 336 g/mol. The molecule has 2 N–H and O–H groups in total. The number of guanidine groups is 1. The Kier molecular flexibility index (Phi) is 8.62. The molecule has 1 aromatic carbocycles. The molecule has 146 valence electrons. The van der Waals surface area contributed by atoms with E-state index in [1.54, 1.807) is 13.1 Å². The van der Waals surface area contributed by atoms with Crippen LogP contribution in [-0.2, 0) is 13.0 Å². The summed E-state index contributed by atoms with van der Waals surface area (Å²) in [5.74, 6) is 0.837. The molecule has 0 aliphatic carbocycles. The summed E-state index contributed by atoms with van der Waals surface area (Å²) in [7, 11) is 1.80. The zero-order valence-electron chi connectivity index (χ0n) is 16.7. The van der Waals surface area contributed by atoms with Gasteiger partial charge in [0.25, 0.3) is 5.56 Å². The Morgan fingerprint density at radius 2 is 1.89 bits per heavy atom. The lowest BCUT2D eigenvalue weighted by molar-refractivity contribution is 0.564. The molecule has 0 amide bonds. The molecule has 1 heterocycles. The maximum atomic E-state index is 11.9. The van der Waals surface area contributed by atoms with E-state index in [1.807, 2.05) is 29.7 Å². The molecule has 0 bridgehead atoms. The van der Waals surface area contributed by atoms with E-state index in [-0.39, 0.29) is 5.56 Å². The van der Waals surface area contributed by atoms with Crippen LogP contribution in [0.5, 0.6) is 0 Å². The van der Waals surface area contributed by atoms with E-state index in [1.165, 1.54) is 5.56 Å². The molecule has 1 unspecified atom stereocenters. The number of benzene rings is 1. The van der Waals surface area contributed by atoms with Crippen LogP contribution in [-0.4, -0.2) is 30.2 Å². The number of unbranched alkanes of at least 4 members (excludes halogenated alkanes) is 1. The first-order valence-electron chi connectivity index (χ1n) is 9.77. The second kappa shape index (κ2) is 11.2. The largest absolute Gasteiger partial charge is 0.356 e. The highest BCUT2D eigenvalue weighted by atomic mass is 16.1. The van der Waals surface area contributed by atoms with Crippen molar-refractivity contribution in [1.29, 1.82) is 0 Å². The average molecular weight is 369 g/mol. The summed E-state index contributed by atoms with van der Waals surface area (Å²) >= 11 is 0. The molecule has 0 fully saturated rings. The number of hydrogen-bond acceptors (Lipinski definition) is 2. The smallest absolute Gasteiger partial charge is 0.250 e. The number of hydrogen-bond donors (Lipinski definition) is 2. The molecular formula is C22H32N4O. The van der Waals surface area contributed by atoms with Crippen molar-refractivity contribution in [3.63, 3.8) is 0 Å². The summed E-state index contributed by atoms with van der Waals surface area (Å²) < 4.78 is 1.83. The number of pyridine rings is 1. The van der Waals surface area contributed by atoms with Crippen LogP contribution in [0.2, 0.25) is 0 Å². The third kappa shape index (κ3) is 7.29. The van der Waals surface area contributed by atoms with Gasteiger partial charge in [-0.2, -0.15) is 0 Å². The molecule has 0 aliphatic heterocycles. The molecule has 1 aromatic heterocycles. The molecule has 5 nitrogen and oxygen atoms in total. The third-order valence-corrected chi connectivity index (χ3v) is 4.68. The van der Waals surface area contributed by atoms with Crippen molar-refractivity contribution >= 4 is 5.96 Å². The summed E-state index contributed by atoms with van der Waals surface area (Å²) in [6.45, 7) is 5.75. The summed E-state index contributed by atoms with van der Waals surface area (Å²) in [6, 6.07) is 16.3. The van der Waals surface area contributed by atoms with E-state index in [0.29, 0.717) is 6.04 Å². The standard InChI is InChI=1S/C22H32N4O/c1-18(14-15-20-11-5-4-6-12-20)25-22(23-3)24-16-7-8-17-26-19(2)10-9-13-21(26)27/h4-6,9-13,18H,7-8,14-17H2,1-3H3,(H2,23,24,25). The lowest BCUT2D eigenvalue weighted by Crippen LogP contribution is -2.42. The monoisotopic (exact) mass is 368 g/mol. The second-order valence-corrected chi connectivity index (χ2v) is 6.93. The van der Waals surface area contributed by atoms with Gasteiger partial charge in [-0.15, -0.1) is 0 Å². The molecule has 0 saturated heterocycles. The highest BCUT2D eigenvalue weighted by molar-refractivity contribution is 5.79. The number of rotatable bonds is 9. The van der Waals surface area contributed by atoms with E-state index in [9.17, 15) is 4.79 Å². The van der Waals surface area contributed by atoms with Crippen molar-refractivity contribution < 1.29 is 0 Å². The van der Waals surface area contributed by atoms with E-state index in [0.717, 1.165) is 50.4 Å². The van der Waals surface area contributed by atoms with Crippen molar-refractivity contribution in [3.05, 3.63) is 70.1 Å². The third-order valence-electron chi connectivity index (χ3n) is 4.68. The van der Waals surface area contributed by atoms with Crippen LogP contribution in [0, 0.1) is 6.92 Å². The van der Waals surface area contributed by atoms with Crippen molar-refractivity contribution in [1.82, 2.24) is 15.2 Å². The van der Waals surface area contributed by atoms with Gasteiger partial charge < -0.3 is 15.2 Å². The Labute approximate surface area is 162 Å². The van der Waals surface area contributed by atoms with Crippen LogP contribution < -0.4 is 16.2 Å². The number of aromatic nitrogens is 1. The molecule has 1 atom stereocenters. The zero-order valence-corrected chi connectivity index (χ0v) is 16.7. The fourth-order valence-corrected chi connectivity index (χ4v) is 3.04. The summed E-state index contributed by atoms with van der Waals surface area (Å²) in [5, 5.41) is 6.81. The molecule has 0 saturated carbocycles. The fourth-order valence-electron chi connectivity index (χ4n) is 3.04. The van der Waals surface area contributed by atoms with Crippen LogP contribution in [0.4, 0.5) is 0 Å². The van der Waals surface area contributed by atoms with Crippen LogP contribution in [0.1, 0.15) is 37.4 Å². The van der Waals surface area contributed by atoms with Gasteiger partial charge in [-0.1, -0.05) is 36.4 Å². The molecule has 0 aliphatic rings. The Balaban J connectivity index is 1.65. The van der Waals surface area contributed by atoms with Crippen LogP contribution >= 0.6 is 0 Å². The molecule has 2 rings (SSSR count). The molecule has 0 radical (unpaired) electrons. The molecule has 2 aromatic rings. The van der Waals surface area contributed by atoms with Crippen molar-refractivity contribution in [2.75, 3.05) is 13.6 Å². The van der Waals surface area contributed by atoms with Crippen LogP contribution in [0.25, 0.3) is 0 Å². The minimum absolute atomic E-state index is 0.0766. The fraction of sp³-hybridized carbons (Fsp3) is 0.455. The predicted octanol–water partition coefficient (Wildman–Crippen LogP) is 3.12. The maximum Gasteiger partial charge on any atom is 0.250 e. The van der Waals surface area contributed by atoms with Gasteiger partial charge in [0.2, 0.25) is 0 Å². The topological polar surface area (TPSA) is 58.4 Å². The highest BCUT2D eigenvalue weighted by Gasteiger charge is 2.05. The van der Waals surface area contributed by atoms with Crippen LogP contribution in [0.3, 0.4) is 0 Å². The lowest BCUT2D eigenvalue weighted by Gasteiger charge is -2.18. The quantitative estimate of drug-likeness (QED) is 0.406. The number of nitrogens with zero attached hydrogens (tertiary/aromatic N) is 2. The van der Waals surface area contributed by atoms with Crippen molar-refractivity contribution in [2.45, 2.75) is 52.1 Å². The first-order chi connectivity index (χ1) is 13.1. The minimum Gasteiger partial charge on any atom is -0.356 e. The van der Waals surface area contributed by atoms with E-state index >= 15 is 0 Å². The Hall–Kier alpha value is -2.56. The van der Waals surface area contributed by atoms with Gasteiger partial charge in [0, 0.05) is 37.9 Å². The van der Waals surface area contributed by atoms with Gasteiger partial charge in [-0.3, -0.25) is 9.79 Å². The highest BCUT2D eigenvalue weighted by Crippen LogP contribution is 2.04. The Morgan fingerprint density at radius 1 is 1.11 bits per heavy atom. The lowest BCUT2D eigenvalue weighted by atomic mass is 10.1.